The van der Waals surface area contributed by atoms with Crippen molar-refractivity contribution in [2.45, 2.75) is 57.7 Å². The predicted molar refractivity (Wildman–Crippen MR) is 118 cm³/mol. The summed E-state index contributed by atoms with van der Waals surface area (Å²) in [4.78, 5) is 12.6. The summed E-state index contributed by atoms with van der Waals surface area (Å²) in [5, 5.41) is 0. The highest BCUT2D eigenvalue weighted by Crippen LogP contribution is 2.63. The van der Waals surface area contributed by atoms with E-state index in [0.717, 1.165) is 24.5 Å². The van der Waals surface area contributed by atoms with Gasteiger partial charge in [0.25, 0.3) is 0 Å². The highest BCUT2D eigenvalue weighted by molar-refractivity contribution is 5.91. The van der Waals surface area contributed by atoms with Gasteiger partial charge in [0.2, 0.25) is 0 Å². The molecule has 0 N–H and O–H groups in total. The minimum absolute atomic E-state index is 0.0291. The van der Waals surface area contributed by atoms with Crippen LogP contribution in [0.15, 0.2) is 48.5 Å². The quantitative estimate of drug-likeness (QED) is 0.352. The minimum Gasteiger partial charge on any atom is -0.487 e. The Balaban J connectivity index is 1.41. The molecule has 0 aromatic heterocycles. The summed E-state index contributed by atoms with van der Waals surface area (Å²) in [7, 11) is 0. The van der Waals surface area contributed by atoms with Crippen molar-refractivity contribution in [3.8, 4) is 11.5 Å². The molecule has 6 heteroatoms. The van der Waals surface area contributed by atoms with Crippen molar-refractivity contribution in [2.75, 3.05) is 0 Å². The Morgan fingerprint density at radius 1 is 0.939 bits per heavy atom. The molecule has 3 aliphatic carbocycles. The molecule has 176 valence electrons. The van der Waals surface area contributed by atoms with Gasteiger partial charge in [-0.1, -0.05) is 24.6 Å². The van der Waals surface area contributed by atoms with Gasteiger partial charge in [0, 0.05) is 5.92 Å². The molecule has 33 heavy (non-hydrogen) atoms. The molecule has 0 amide bonds. The number of carbonyl (C=O) groups is 1. The van der Waals surface area contributed by atoms with Gasteiger partial charge in [-0.25, -0.2) is 4.79 Å². The molecule has 2 aromatic carbocycles. The van der Waals surface area contributed by atoms with Crippen molar-refractivity contribution < 1.29 is 27.4 Å². The Hall–Kier alpha value is -2.50. The second kappa shape index (κ2) is 8.07. The average Bonchev–Trinajstić information content (AvgIpc) is 3.47. The third-order valence-electron chi connectivity index (χ3n) is 8.17. The first-order valence-corrected chi connectivity index (χ1v) is 11.8. The van der Waals surface area contributed by atoms with Gasteiger partial charge in [-0.2, -0.15) is 13.2 Å². The summed E-state index contributed by atoms with van der Waals surface area (Å²) >= 11 is 0. The van der Waals surface area contributed by atoms with E-state index in [9.17, 15) is 18.0 Å². The van der Waals surface area contributed by atoms with Crippen molar-refractivity contribution in [1.82, 2.24) is 0 Å². The number of rotatable bonds is 5. The van der Waals surface area contributed by atoms with Crippen LogP contribution in [0.3, 0.4) is 0 Å². The van der Waals surface area contributed by atoms with E-state index in [1.54, 1.807) is 30.3 Å². The third-order valence-corrected chi connectivity index (χ3v) is 8.17. The van der Waals surface area contributed by atoms with E-state index in [4.69, 9.17) is 9.47 Å². The number of halogens is 3. The fraction of sp³-hybridized carbons (Fsp3) is 0.519. The van der Waals surface area contributed by atoms with Gasteiger partial charge in [-0.15, -0.1) is 0 Å². The van der Waals surface area contributed by atoms with Crippen LogP contribution < -0.4 is 9.47 Å². The van der Waals surface area contributed by atoms with E-state index in [1.165, 1.54) is 31.7 Å². The van der Waals surface area contributed by atoms with Gasteiger partial charge >= 0.3 is 12.1 Å². The fourth-order valence-electron chi connectivity index (χ4n) is 6.85. The van der Waals surface area contributed by atoms with Crippen LogP contribution in [0.25, 0.3) is 0 Å². The summed E-state index contributed by atoms with van der Waals surface area (Å²) in [5.74, 6) is 2.19. The lowest BCUT2D eigenvalue weighted by Gasteiger charge is -2.42. The van der Waals surface area contributed by atoms with Crippen molar-refractivity contribution in [2.24, 2.45) is 29.6 Å². The van der Waals surface area contributed by atoms with E-state index < -0.39 is 23.3 Å². The monoisotopic (exact) mass is 458 g/mol. The number of hydrogen-bond acceptors (Lipinski definition) is 3. The second-order valence-electron chi connectivity index (χ2n) is 10.4. The maximum absolute atomic E-state index is 13.8. The number of para-hydroxylation sites is 1. The first-order chi connectivity index (χ1) is 15.6. The lowest BCUT2D eigenvalue weighted by molar-refractivity contribution is -0.140. The van der Waals surface area contributed by atoms with Gasteiger partial charge < -0.3 is 9.47 Å². The average molecular weight is 459 g/mol. The molecule has 2 aromatic rings. The zero-order valence-electron chi connectivity index (χ0n) is 18.9. The van der Waals surface area contributed by atoms with Gasteiger partial charge in [-0.05, 0) is 93.5 Å². The minimum atomic E-state index is -4.58. The highest BCUT2D eigenvalue weighted by Gasteiger charge is 2.58. The summed E-state index contributed by atoms with van der Waals surface area (Å²) in [6.07, 6.45) is 1.38. The Bertz CT molecular complexity index is 1030. The van der Waals surface area contributed by atoms with E-state index in [1.807, 2.05) is 13.8 Å². The number of hydrogen-bond donors (Lipinski definition) is 0. The number of ether oxygens (including phenoxy) is 2. The zero-order chi connectivity index (χ0) is 23.4. The molecule has 0 aliphatic heterocycles. The number of benzene rings is 2. The third kappa shape index (κ3) is 4.13. The molecular formula is C27H29F3O3. The standard InChI is InChI=1S/C27H29F3O3/c1-26(2,23-14-17-13-21(23)20-10-6-9-19(17)20)33-24-15-16(11-12-22(24)27(28,29)30)25(31)32-18-7-4-3-5-8-18/h3-5,7-8,11-12,15,17,19-21,23H,6,9-10,13-14H2,1-2H3. The van der Waals surface area contributed by atoms with Crippen LogP contribution in [0.2, 0.25) is 0 Å². The maximum atomic E-state index is 13.8. The van der Waals surface area contributed by atoms with Crippen molar-refractivity contribution >= 4 is 5.97 Å². The topological polar surface area (TPSA) is 35.5 Å². The first-order valence-electron chi connectivity index (χ1n) is 11.8. The number of carbonyl (C=O) groups excluding carboxylic acids is 1. The number of fused-ring (bicyclic) bond motifs is 5. The Morgan fingerprint density at radius 3 is 2.39 bits per heavy atom. The number of alkyl halides is 3. The highest BCUT2D eigenvalue weighted by atomic mass is 19.4. The van der Waals surface area contributed by atoms with Crippen LogP contribution in [-0.4, -0.2) is 11.6 Å². The molecule has 3 aliphatic rings. The van der Waals surface area contributed by atoms with Gasteiger partial charge in [0.15, 0.2) is 0 Å². The molecule has 0 spiro atoms. The molecule has 0 saturated heterocycles. The van der Waals surface area contributed by atoms with Crippen LogP contribution in [0.4, 0.5) is 13.2 Å². The SMILES string of the molecule is CC(C)(Oc1cc(C(=O)Oc2ccccc2)ccc1C(F)(F)F)C1CC2CC1C1CCCC21. The Labute approximate surface area is 192 Å². The second-order valence-corrected chi connectivity index (χ2v) is 10.4. The molecule has 3 saturated carbocycles. The summed E-state index contributed by atoms with van der Waals surface area (Å²) in [6.45, 7) is 3.80. The van der Waals surface area contributed by atoms with E-state index in [-0.39, 0.29) is 17.2 Å². The molecule has 3 fully saturated rings. The number of esters is 1. The Kier molecular flexibility index (Phi) is 5.45. The molecule has 5 unspecified atom stereocenters. The summed E-state index contributed by atoms with van der Waals surface area (Å²) < 4.78 is 52.9. The van der Waals surface area contributed by atoms with E-state index in [0.29, 0.717) is 23.5 Å². The molecule has 5 atom stereocenters. The molecule has 5 rings (SSSR count). The summed E-state index contributed by atoms with van der Waals surface area (Å²) in [6, 6.07) is 11.7. The smallest absolute Gasteiger partial charge is 0.419 e. The lowest BCUT2D eigenvalue weighted by atomic mass is 9.70. The van der Waals surface area contributed by atoms with Crippen LogP contribution in [-0.2, 0) is 6.18 Å². The summed E-state index contributed by atoms with van der Waals surface area (Å²) in [5.41, 5.74) is -1.61. The molecule has 3 nitrogen and oxygen atoms in total. The first kappa shape index (κ1) is 22.3. The van der Waals surface area contributed by atoms with Crippen LogP contribution in [0.1, 0.15) is 61.9 Å². The molecule has 0 radical (unpaired) electrons. The normalized spacial score (nSPS) is 28.6. The molecular weight excluding hydrogens is 429 g/mol. The van der Waals surface area contributed by atoms with Gasteiger partial charge in [0.05, 0.1) is 11.1 Å². The fourth-order valence-corrected chi connectivity index (χ4v) is 6.85. The molecule has 2 bridgehead atoms. The van der Waals surface area contributed by atoms with Crippen LogP contribution in [0.5, 0.6) is 11.5 Å². The Morgan fingerprint density at radius 2 is 1.67 bits per heavy atom. The zero-order valence-corrected chi connectivity index (χ0v) is 18.9. The van der Waals surface area contributed by atoms with Crippen molar-refractivity contribution in [3.05, 3.63) is 59.7 Å². The van der Waals surface area contributed by atoms with Gasteiger partial charge in [0.1, 0.15) is 17.1 Å². The molecule has 0 heterocycles. The lowest BCUT2D eigenvalue weighted by Crippen LogP contribution is -2.43. The van der Waals surface area contributed by atoms with E-state index in [2.05, 4.69) is 0 Å². The largest absolute Gasteiger partial charge is 0.487 e. The van der Waals surface area contributed by atoms with Crippen molar-refractivity contribution in [1.29, 1.82) is 0 Å². The van der Waals surface area contributed by atoms with Gasteiger partial charge in [-0.3, -0.25) is 0 Å². The predicted octanol–water partition coefficient (Wildman–Crippen LogP) is 7.15. The van der Waals surface area contributed by atoms with Crippen LogP contribution in [0, 0.1) is 29.6 Å². The maximum Gasteiger partial charge on any atom is 0.419 e. The van der Waals surface area contributed by atoms with Crippen LogP contribution >= 0.6 is 0 Å². The van der Waals surface area contributed by atoms with Crippen molar-refractivity contribution in [3.63, 3.8) is 0 Å². The van der Waals surface area contributed by atoms with E-state index >= 15 is 0 Å².